The summed E-state index contributed by atoms with van der Waals surface area (Å²) < 4.78 is 48.6. The van der Waals surface area contributed by atoms with E-state index in [1.165, 1.54) is 0 Å². The minimum atomic E-state index is -4.62. The summed E-state index contributed by atoms with van der Waals surface area (Å²) in [6.45, 7) is 0. The van der Waals surface area contributed by atoms with Crippen LogP contribution in [0.1, 0.15) is 61.8 Å². The van der Waals surface area contributed by atoms with Gasteiger partial charge in [0, 0.05) is 34.7 Å². The molecule has 5 aliphatic rings. The summed E-state index contributed by atoms with van der Waals surface area (Å²) in [6.07, 6.45) is -2.49. The van der Waals surface area contributed by atoms with E-state index in [4.69, 9.17) is 16.3 Å². The Kier molecular flexibility index (Phi) is 4.76. The molecule has 1 aliphatic heterocycles. The molecule has 34 heavy (non-hydrogen) atoms. The third-order valence-electron chi connectivity index (χ3n) is 7.53. The Bertz CT molecular complexity index is 1130. The second-order valence-corrected chi connectivity index (χ2v) is 10.4. The molecule has 2 bridgehead atoms. The van der Waals surface area contributed by atoms with Crippen LogP contribution in [0.25, 0.3) is 0 Å². The number of nitrogens with zero attached hydrogens (tertiary/aromatic N) is 3. The van der Waals surface area contributed by atoms with Crippen LogP contribution in [-0.4, -0.2) is 50.1 Å². The molecule has 2 heterocycles. The lowest BCUT2D eigenvalue weighted by Gasteiger charge is -2.69. The fourth-order valence-corrected chi connectivity index (χ4v) is 6.00. The van der Waals surface area contributed by atoms with E-state index >= 15 is 0 Å². The average molecular weight is 499 g/mol. The maximum atomic E-state index is 12.9. The second-order valence-electron chi connectivity index (χ2n) is 10.0. The minimum absolute atomic E-state index is 0.0882. The number of aromatic nitrogens is 3. The molecule has 0 spiro atoms. The third-order valence-corrected chi connectivity index (χ3v) is 7.77. The van der Waals surface area contributed by atoms with Crippen molar-refractivity contribution in [3.05, 3.63) is 40.7 Å². The standard InChI is InChI=1S/C22H22ClF3N4O4/c23-12-1-2-17-14(5-12)16(31)6-18(33-17)19(32)27-20-8-21(9-20,10-20)30-7-15(28-29-30)11-3-13(4-11)34-22(24,25)26/h1-2,5,7,11,13,16,18,31H,3-4,6,8-10H2,(H,27,32)/t11?,13?,16-,18-,20?,21?/m1/s1. The van der Waals surface area contributed by atoms with E-state index in [0.717, 1.165) is 0 Å². The number of nitrogens with one attached hydrogen (secondary N) is 1. The molecule has 0 unspecified atom stereocenters. The van der Waals surface area contributed by atoms with Gasteiger partial charge in [-0.1, -0.05) is 16.8 Å². The molecule has 2 aromatic rings. The second kappa shape index (κ2) is 7.32. The summed E-state index contributed by atoms with van der Waals surface area (Å²) in [7, 11) is 0. The molecule has 1 aromatic heterocycles. The Morgan fingerprint density at radius 1 is 1.26 bits per heavy atom. The number of ether oxygens (including phenoxy) is 2. The molecule has 8 nitrogen and oxygen atoms in total. The average Bonchev–Trinajstić information content (AvgIpc) is 3.14. The van der Waals surface area contributed by atoms with Gasteiger partial charge in [0.25, 0.3) is 5.91 Å². The lowest BCUT2D eigenvalue weighted by atomic mass is 9.44. The van der Waals surface area contributed by atoms with E-state index < -0.39 is 24.7 Å². The van der Waals surface area contributed by atoms with Crippen LogP contribution >= 0.6 is 11.6 Å². The van der Waals surface area contributed by atoms with Crippen molar-refractivity contribution in [1.82, 2.24) is 20.3 Å². The van der Waals surface area contributed by atoms with Crippen LogP contribution in [0.4, 0.5) is 13.2 Å². The summed E-state index contributed by atoms with van der Waals surface area (Å²) in [5.41, 5.74) is 0.694. The van der Waals surface area contributed by atoms with E-state index in [1.807, 2.05) is 6.20 Å². The SMILES string of the molecule is O=C(NC12CC(n3cc(C4CC(OC(F)(F)F)C4)nn3)(C1)C2)[C@H]1C[C@@H](O)c2cc(Cl)ccc2O1. The third kappa shape index (κ3) is 3.64. The van der Waals surface area contributed by atoms with Gasteiger partial charge in [-0.15, -0.1) is 18.3 Å². The molecule has 4 fully saturated rings. The van der Waals surface area contributed by atoms with Crippen molar-refractivity contribution in [2.75, 3.05) is 0 Å². The lowest BCUT2D eigenvalue weighted by Crippen LogP contribution is -2.79. The van der Waals surface area contributed by atoms with Crippen LogP contribution in [0, 0.1) is 0 Å². The van der Waals surface area contributed by atoms with Gasteiger partial charge < -0.3 is 15.2 Å². The summed E-state index contributed by atoms with van der Waals surface area (Å²) in [5, 5.41) is 22.4. The number of hydrogen-bond acceptors (Lipinski definition) is 6. The molecule has 1 amide bonds. The molecule has 2 N–H and O–H groups in total. The van der Waals surface area contributed by atoms with Gasteiger partial charge in [-0.05, 0) is 50.3 Å². The van der Waals surface area contributed by atoms with Crippen molar-refractivity contribution >= 4 is 17.5 Å². The zero-order chi connectivity index (χ0) is 23.9. The molecule has 2 atom stereocenters. The molecule has 12 heteroatoms. The van der Waals surface area contributed by atoms with Crippen LogP contribution in [0.2, 0.25) is 5.02 Å². The monoisotopic (exact) mass is 498 g/mol. The molecule has 1 aromatic carbocycles. The van der Waals surface area contributed by atoms with Gasteiger partial charge in [-0.25, -0.2) is 4.68 Å². The van der Waals surface area contributed by atoms with Crippen LogP contribution in [0.5, 0.6) is 5.75 Å². The number of carbonyl (C=O) groups excluding carboxylic acids is 1. The fourth-order valence-electron chi connectivity index (χ4n) is 5.82. The van der Waals surface area contributed by atoms with Crippen LogP contribution < -0.4 is 10.1 Å². The zero-order valence-electron chi connectivity index (χ0n) is 17.9. The molecule has 7 rings (SSSR count). The number of aliphatic hydroxyl groups excluding tert-OH is 1. The first-order valence-corrected chi connectivity index (χ1v) is 11.5. The number of rotatable bonds is 5. The molecule has 4 saturated carbocycles. The Hall–Kier alpha value is -2.37. The Labute approximate surface area is 197 Å². The first-order chi connectivity index (χ1) is 16.0. The van der Waals surface area contributed by atoms with E-state index in [9.17, 15) is 23.1 Å². The van der Waals surface area contributed by atoms with Gasteiger partial charge in [0.2, 0.25) is 0 Å². The zero-order valence-corrected chi connectivity index (χ0v) is 18.6. The highest BCUT2D eigenvalue weighted by Crippen LogP contribution is 2.65. The highest BCUT2D eigenvalue weighted by atomic mass is 35.5. The van der Waals surface area contributed by atoms with E-state index in [-0.39, 0.29) is 42.2 Å². The van der Waals surface area contributed by atoms with Gasteiger partial charge in [0.05, 0.1) is 23.4 Å². The molecule has 4 aliphatic carbocycles. The summed E-state index contributed by atoms with van der Waals surface area (Å²) >= 11 is 5.98. The Morgan fingerprint density at radius 2 is 2.00 bits per heavy atom. The summed E-state index contributed by atoms with van der Waals surface area (Å²) in [4.78, 5) is 12.9. The first-order valence-electron chi connectivity index (χ1n) is 11.2. The summed E-state index contributed by atoms with van der Waals surface area (Å²) in [6, 6.07) is 4.94. The van der Waals surface area contributed by atoms with Crippen LogP contribution in [-0.2, 0) is 15.1 Å². The predicted octanol–water partition coefficient (Wildman–Crippen LogP) is 3.35. The molecular weight excluding hydrogens is 477 g/mol. The smallest absolute Gasteiger partial charge is 0.480 e. The van der Waals surface area contributed by atoms with Crippen molar-refractivity contribution < 1.29 is 32.5 Å². The van der Waals surface area contributed by atoms with E-state index in [0.29, 0.717) is 41.3 Å². The van der Waals surface area contributed by atoms with Crippen molar-refractivity contribution in [3.8, 4) is 5.75 Å². The molecular formula is C22H22ClF3N4O4. The van der Waals surface area contributed by atoms with Crippen molar-refractivity contribution in [2.24, 2.45) is 0 Å². The lowest BCUT2D eigenvalue weighted by molar-refractivity contribution is -0.351. The maximum absolute atomic E-state index is 12.9. The highest BCUT2D eigenvalue weighted by Gasteiger charge is 2.70. The molecule has 0 radical (unpaired) electrons. The number of halogens is 4. The predicted molar refractivity (Wildman–Crippen MR) is 111 cm³/mol. The first kappa shape index (κ1) is 22.1. The van der Waals surface area contributed by atoms with Gasteiger partial charge in [-0.2, -0.15) is 0 Å². The number of fused-ring (bicyclic) bond motifs is 1. The van der Waals surface area contributed by atoms with Gasteiger partial charge >= 0.3 is 6.36 Å². The number of amides is 1. The topological polar surface area (TPSA) is 98.5 Å². The normalized spacial score (nSPS) is 35.8. The number of alkyl halides is 3. The molecule has 182 valence electrons. The number of benzene rings is 1. The Morgan fingerprint density at radius 3 is 2.71 bits per heavy atom. The fraction of sp³-hybridized carbons (Fsp3) is 0.591. The number of aliphatic hydroxyl groups is 1. The maximum Gasteiger partial charge on any atom is 0.522 e. The van der Waals surface area contributed by atoms with Crippen molar-refractivity contribution in [3.63, 3.8) is 0 Å². The number of hydrogen-bond donors (Lipinski definition) is 2. The highest BCUT2D eigenvalue weighted by molar-refractivity contribution is 6.30. The van der Waals surface area contributed by atoms with Crippen molar-refractivity contribution in [2.45, 2.75) is 80.2 Å². The van der Waals surface area contributed by atoms with Gasteiger partial charge in [0.15, 0.2) is 6.10 Å². The minimum Gasteiger partial charge on any atom is -0.480 e. The number of carbonyl (C=O) groups is 1. The van der Waals surface area contributed by atoms with Crippen LogP contribution in [0.3, 0.4) is 0 Å². The van der Waals surface area contributed by atoms with E-state index in [1.54, 1.807) is 22.9 Å². The largest absolute Gasteiger partial charge is 0.522 e. The van der Waals surface area contributed by atoms with Crippen LogP contribution in [0.15, 0.2) is 24.4 Å². The van der Waals surface area contributed by atoms with Gasteiger partial charge in [0.1, 0.15) is 5.75 Å². The van der Waals surface area contributed by atoms with Gasteiger partial charge in [-0.3, -0.25) is 9.53 Å². The quantitative estimate of drug-likeness (QED) is 0.656. The Balaban J connectivity index is 1.03. The summed E-state index contributed by atoms with van der Waals surface area (Å²) in [5.74, 6) is 0.0959. The van der Waals surface area contributed by atoms with Crippen molar-refractivity contribution in [1.29, 1.82) is 0 Å². The molecule has 0 saturated heterocycles. The van der Waals surface area contributed by atoms with E-state index in [2.05, 4.69) is 20.4 Å².